The quantitative estimate of drug-likeness (QED) is 0.701. The van der Waals surface area contributed by atoms with Crippen LogP contribution in [0.25, 0.3) is 11.2 Å². The van der Waals surface area contributed by atoms with Crippen molar-refractivity contribution in [1.29, 1.82) is 0 Å². The SMILES string of the molecule is O=C(CSc1nc2ncccc2o1)n1[nH]c(=O)ccc1=O. The summed E-state index contributed by atoms with van der Waals surface area (Å²) in [5.74, 6) is -0.676. The molecule has 0 bridgehead atoms. The lowest BCUT2D eigenvalue weighted by molar-refractivity contribution is 0.0919. The normalized spacial score (nSPS) is 10.9. The number of thioether (sulfide) groups is 1. The van der Waals surface area contributed by atoms with Crippen LogP contribution in [-0.2, 0) is 0 Å². The highest BCUT2D eigenvalue weighted by Gasteiger charge is 2.12. The lowest BCUT2D eigenvalue weighted by atomic mass is 10.5. The third kappa shape index (κ3) is 2.77. The number of fused-ring (bicyclic) bond motifs is 1. The lowest BCUT2D eigenvalue weighted by Gasteiger charge is -2.01. The molecular weight excluding hydrogens is 296 g/mol. The summed E-state index contributed by atoms with van der Waals surface area (Å²) in [4.78, 5) is 42.6. The molecule has 0 aromatic carbocycles. The predicted octanol–water partition coefficient (Wildman–Crippen LogP) is 0.505. The van der Waals surface area contributed by atoms with Crippen LogP contribution < -0.4 is 11.1 Å². The molecular formula is C12H8N4O4S. The third-order valence-corrected chi connectivity index (χ3v) is 3.35. The van der Waals surface area contributed by atoms with Crippen LogP contribution in [0.15, 0.2) is 49.7 Å². The topological polar surface area (TPSA) is 111 Å². The molecule has 0 aliphatic heterocycles. The van der Waals surface area contributed by atoms with Gasteiger partial charge in [0.15, 0.2) is 11.2 Å². The second-order valence-electron chi connectivity index (χ2n) is 3.97. The van der Waals surface area contributed by atoms with E-state index in [0.717, 1.165) is 23.9 Å². The zero-order chi connectivity index (χ0) is 14.8. The van der Waals surface area contributed by atoms with Gasteiger partial charge in [-0.25, -0.2) is 4.98 Å². The number of oxazole rings is 1. The van der Waals surface area contributed by atoms with Crippen molar-refractivity contribution >= 4 is 28.9 Å². The molecule has 0 atom stereocenters. The van der Waals surface area contributed by atoms with E-state index in [9.17, 15) is 14.4 Å². The average Bonchev–Trinajstić information content (AvgIpc) is 2.90. The van der Waals surface area contributed by atoms with Gasteiger partial charge in [0.25, 0.3) is 22.2 Å². The zero-order valence-corrected chi connectivity index (χ0v) is 11.3. The molecule has 0 spiro atoms. The molecule has 3 rings (SSSR count). The van der Waals surface area contributed by atoms with Gasteiger partial charge in [-0.1, -0.05) is 11.8 Å². The highest BCUT2D eigenvalue weighted by molar-refractivity contribution is 7.99. The summed E-state index contributed by atoms with van der Waals surface area (Å²) in [6, 6.07) is 5.51. The summed E-state index contributed by atoms with van der Waals surface area (Å²) in [6.45, 7) is 0. The Hall–Kier alpha value is -2.68. The molecule has 3 heterocycles. The van der Waals surface area contributed by atoms with Crippen molar-refractivity contribution in [2.24, 2.45) is 0 Å². The van der Waals surface area contributed by atoms with Gasteiger partial charge in [0, 0.05) is 18.3 Å². The Morgan fingerprint density at radius 1 is 1.33 bits per heavy atom. The summed E-state index contributed by atoms with van der Waals surface area (Å²) in [5, 5.41) is 2.43. The van der Waals surface area contributed by atoms with Crippen molar-refractivity contribution in [3.63, 3.8) is 0 Å². The lowest BCUT2D eigenvalue weighted by Crippen LogP contribution is -2.34. The minimum Gasteiger partial charge on any atom is -0.430 e. The minimum atomic E-state index is -0.598. The van der Waals surface area contributed by atoms with Gasteiger partial charge in [0.2, 0.25) is 0 Å². The number of rotatable bonds is 3. The van der Waals surface area contributed by atoms with Crippen molar-refractivity contribution in [2.75, 3.05) is 5.75 Å². The number of nitrogens with one attached hydrogen (secondary N) is 1. The number of H-pyrrole nitrogens is 1. The number of carbonyl (C=O) groups is 1. The smallest absolute Gasteiger partial charge is 0.272 e. The van der Waals surface area contributed by atoms with Gasteiger partial charge in [-0.3, -0.25) is 19.5 Å². The van der Waals surface area contributed by atoms with Gasteiger partial charge in [-0.15, -0.1) is 0 Å². The molecule has 0 radical (unpaired) electrons. The first-order chi connectivity index (χ1) is 10.1. The van der Waals surface area contributed by atoms with E-state index in [2.05, 4.69) is 15.1 Å². The Morgan fingerprint density at radius 3 is 3.00 bits per heavy atom. The Kier molecular flexibility index (Phi) is 3.40. The standard InChI is InChI=1S/C12H8N4O4S/c17-8-3-4-9(18)16(15-8)10(19)6-21-12-14-11-7(20-12)2-1-5-13-11/h1-5H,6H2,(H,15,17). The van der Waals surface area contributed by atoms with Crippen molar-refractivity contribution in [3.05, 3.63) is 51.2 Å². The molecule has 0 amide bonds. The van der Waals surface area contributed by atoms with Gasteiger partial charge in [0.1, 0.15) is 0 Å². The maximum atomic E-state index is 11.9. The van der Waals surface area contributed by atoms with Crippen molar-refractivity contribution in [3.8, 4) is 0 Å². The maximum absolute atomic E-state index is 11.9. The van der Waals surface area contributed by atoms with E-state index in [4.69, 9.17) is 4.42 Å². The Balaban J connectivity index is 1.78. The van der Waals surface area contributed by atoms with E-state index in [1.54, 1.807) is 18.3 Å². The summed E-state index contributed by atoms with van der Waals surface area (Å²) < 4.78 is 6.05. The fourth-order valence-electron chi connectivity index (χ4n) is 1.61. The van der Waals surface area contributed by atoms with Crippen LogP contribution in [-0.4, -0.2) is 31.4 Å². The fraction of sp³-hybridized carbons (Fsp3) is 0.0833. The van der Waals surface area contributed by atoms with E-state index in [1.807, 2.05) is 0 Å². The largest absolute Gasteiger partial charge is 0.430 e. The van der Waals surface area contributed by atoms with Gasteiger partial charge < -0.3 is 4.42 Å². The van der Waals surface area contributed by atoms with E-state index in [-0.39, 0.29) is 11.0 Å². The molecule has 3 aromatic heterocycles. The van der Waals surface area contributed by atoms with Crippen LogP contribution in [0.1, 0.15) is 4.79 Å². The molecule has 0 saturated carbocycles. The number of nitrogens with zero attached hydrogens (tertiary/aromatic N) is 3. The van der Waals surface area contributed by atoms with Crippen molar-refractivity contribution < 1.29 is 9.21 Å². The predicted molar refractivity (Wildman–Crippen MR) is 74.5 cm³/mol. The third-order valence-electron chi connectivity index (χ3n) is 2.53. The first kappa shape index (κ1) is 13.3. The zero-order valence-electron chi connectivity index (χ0n) is 10.5. The van der Waals surface area contributed by atoms with E-state index in [1.165, 1.54) is 0 Å². The summed E-state index contributed by atoms with van der Waals surface area (Å²) >= 11 is 1.01. The highest BCUT2D eigenvalue weighted by Crippen LogP contribution is 2.21. The number of carbonyl (C=O) groups excluding carboxylic acids is 1. The first-order valence-electron chi connectivity index (χ1n) is 5.83. The van der Waals surface area contributed by atoms with Crippen molar-refractivity contribution in [1.82, 2.24) is 19.7 Å². The van der Waals surface area contributed by atoms with Crippen LogP contribution in [0.2, 0.25) is 0 Å². The number of pyridine rings is 1. The molecule has 9 heteroatoms. The molecule has 0 aliphatic rings. The highest BCUT2D eigenvalue weighted by atomic mass is 32.2. The molecule has 0 unspecified atom stereocenters. The maximum Gasteiger partial charge on any atom is 0.272 e. The van der Waals surface area contributed by atoms with Crippen LogP contribution in [0, 0.1) is 0 Å². The molecule has 0 aliphatic carbocycles. The van der Waals surface area contributed by atoms with Gasteiger partial charge in [-0.2, -0.15) is 9.67 Å². The molecule has 21 heavy (non-hydrogen) atoms. The fourth-order valence-corrected chi connectivity index (χ4v) is 2.28. The van der Waals surface area contributed by atoms with Crippen LogP contribution in [0.4, 0.5) is 0 Å². The van der Waals surface area contributed by atoms with E-state index in [0.29, 0.717) is 15.9 Å². The van der Waals surface area contributed by atoms with Crippen molar-refractivity contribution in [2.45, 2.75) is 5.22 Å². The van der Waals surface area contributed by atoms with Crippen LogP contribution in [0.5, 0.6) is 0 Å². The molecule has 106 valence electrons. The minimum absolute atomic E-state index is 0.104. The summed E-state index contributed by atoms with van der Waals surface area (Å²) in [5.41, 5.74) is -0.172. The second-order valence-corrected chi connectivity index (χ2v) is 4.90. The molecule has 3 aromatic rings. The van der Waals surface area contributed by atoms with Gasteiger partial charge >= 0.3 is 0 Å². The number of hydrogen-bond acceptors (Lipinski definition) is 7. The second kappa shape index (κ2) is 5.37. The summed E-state index contributed by atoms with van der Waals surface area (Å²) in [7, 11) is 0. The molecule has 0 fully saturated rings. The van der Waals surface area contributed by atoms with Gasteiger partial charge in [0.05, 0.1) is 5.75 Å². The number of hydrogen-bond donors (Lipinski definition) is 1. The van der Waals surface area contributed by atoms with E-state index >= 15 is 0 Å². The van der Waals surface area contributed by atoms with Crippen LogP contribution >= 0.6 is 11.8 Å². The molecule has 1 N–H and O–H groups in total. The van der Waals surface area contributed by atoms with Gasteiger partial charge in [-0.05, 0) is 12.1 Å². The average molecular weight is 304 g/mol. The monoisotopic (exact) mass is 304 g/mol. The van der Waals surface area contributed by atoms with E-state index < -0.39 is 17.0 Å². The first-order valence-corrected chi connectivity index (χ1v) is 6.82. The number of aromatic amines is 1. The Bertz CT molecular complexity index is 893. The van der Waals surface area contributed by atoms with Crippen LogP contribution in [0.3, 0.4) is 0 Å². The Morgan fingerprint density at radius 2 is 2.19 bits per heavy atom. The molecule has 8 nitrogen and oxygen atoms in total. The summed E-state index contributed by atoms with van der Waals surface area (Å²) in [6.07, 6.45) is 1.58. The number of aromatic nitrogens is 4. The molecule has 0 saturated heterocycles. The Labute approximate surface area is 120 Å².